The molecule has 0 amide bonds. The van der Waals surface area contributed by atoms with E-state index in [2.05, 4.69) is 23.4 Å². The first-order valence-corrected chi connectivity index (χ1v) is 5.48. The Morgan fingerprint density at radius 3 is 2.93 bits per heavy atom. The van der Waals surface area contributed by atoms with Gasteiger partial charge < -0.3 is 14.3 Å². The average Bonchev–Trinajstić information content (AvgIpc) is 2.67. The van der Waals surface area contributed by atoms with Crippen LogP contribution in [0.2, 0.25) is 0 Å². The van der Waals surface area contributed by atoms with Crippen LogP contribution in [0.25, 0.3) is 0 Å². The molecule has 1 aliphatic rings. The third-order valence-electron chi connectivity index (χ3n) is 2.78. The summed E-state index contributed by atoms with van der Waals surface area (Å²) in [5.74, 6) is 0. The summed E-state index contributed by atoms with van der Waals surface area (Å²) in [7, 11) is 0. The Balaban J connectivity index is 2.07. The van der Waals surface area contributed by atoms with Crippen molar-refractivity contribution in [3.05, 3.63) is 16.7 Å². The molecule has 2 unspecified atom stereocenters. The highest BCUT2D eigenvalue weighted by molar-refractivity contribution is 7.71. The first kappa shape index (κ1) is 9.93. The van der Waals surface area contributed by atoms with Crippen molar-refractivity contribution >= 4 is 12.2 Å². The fourth-order valence-corrected chi connectivity index (χ4v) is 2.21. The number of rotatable bonds is 2. The molecule has 2 atom stereocenters. The third kappa shape index (κ3) is 1.91. The number of nitrogens with one attached hydrogen (secondary N) is 1. The number of nitrogens with zero attached hydrogens (tertiary/aromatic N) is 1. The molecule has 1 fully saturated rings. The molecule has 14 heavy (non-hydrogen) atoms. The minimum Gasteiger partial charge on any atom is -0.373 e. The molecule has 4 heteroatoms. The van der Waals surface area contributed by atoms with Gasteiger partial charge in [0.05, 0.1) is 18.8 Å². The number of aromatic nitrogens is 2. The van der Waals surface area contributed by atoms with Gasteiger partial charge in [-0.05, 0) is 38.9 Å². The van der Waals surface area contributed by atoms with Crippen LogP contribution < -0.4 is 0 Å². The largest absolute Gasteiger partial charge is 0.373 e. The lowest BCUT2D eigenvalue weighted by Gasteiger charge is -2.12. The number of hydrogen-bond donors (Lipinski definition) is 1. The second kappa shape index (κ2) is 3.87. The van der Waals surface area contributed by atoms with Crippen LogP contribution in [0.15, 0.2) is 6.20 Å². The zero-order valence-corrected chi connectivity index (χ0v) is 9.43. The predicted molar refractivity (Wildman–Crippen MR) is 57.9 cm³/mol. The Bertz CT molecular complexity index is 368. The number of hydrogen-bond acceptors (Lipinski definition) is 2. The molecule has 1 aromatic heterocycles. The van der Waals surface area contributed by atoms with Crippen LogP contribution in [-0.4, -0.2) is 21.8 Å². The summed E-state index contributed by atoms with van der Waals surface area (Å²) >= 11 is 5.19. The highest BCUT2D eigenvalue weighted by atomic mass is 32.1. The van der Waals surface area contributed by atoms with Gasteiger partial charge in [0.2, 0.25) is 0 Å². The molecule has 2 heterocycles. The zero-order chi connectivity index (χ0) is 10.1. The lowest BCUT2D eigenvalue weighted by Crippen LogP contribution is -2.17. The van der Waals surface area contributed by atoms with Gasteiger partial charge in [-0.3, -0.25) is 0 Å². The maximum Gasteiger partial charge on any atom is 0.177 e. The van der Waals surface area contributed by atoms with Crippen molar-refractivity contribution in [2.24, 2.45) is 0 Å². The summed E-state index contributed by atoms with van der Waals surface area (Å²) in [6.07, 6.45) is 5.01. The second-order valence-electron chi connectivity index (χ2n) is 3.99. The fourth-order valence-electron chi connectivity index (χ4n) is 1.93. The molecule has 0 saturated carbocycles. The van der Waals surface area contributed by atoms with Crippen LogP contribution in [0.4, 0.5) is 0 Å². The van der Waals surface area contributed by atoms with Gasteiger partial charge in [-0.2, -0.15) is 0 Å². The van der Waals surface area contributed by atoms with E-state index in [0.717, 1.165) is 17.7 Å². The lowest BCUT2D eigenvalue weighted by molar-refractivity contribution is 0.0452. The van der Waals surface area contributed by atoms with E-state index < -0.39 is 0 Å². The molecule has 1 aromatic rings. The Morgan fingerprint density at radius 2 is 2.43 bits per heavy atom. The minimum absolute atomic E-state index is 0.339. The SMILES string of the molecule is Cc1c[nH]c(=S)n1CC1CCC(C)O1. The molecule has 78 valence electrons. The topological polar surface area (TPSA) is 29.9 Å². The third-order valence-corrected chi connectivity index (χ3v) is 3.12. The highest BCUT2D eigenvalue weighted by Gasteiger charge is 2.22. The van der Waals surface area contributed by atoms with Gasteiger partial charge in [0.1, 0.15) is 0 Å². The van der Waals surface area contributed by atoms with E-state index in [1.807, 2.05) is 6.20 Å². The monoisotopic (exact) mass is 212 g/mol. The van der Waals surface area contributed by atoms with Crippen molar-refractivity contribution in [3.8, 4) is 0 Å². The van der Waals surface area contributed by atoms with Crippen LogP contribution in [0, 0.1) is 11.7 Å². The van der Waals surface area contributed by atoms with E-state index in [-0.39, 0.29) is 0 Å². The standard InChI is InChI=1S/C10H16N2OS/c1-7-5-11-10(14)12(7)6-9-4-3-8(2)13-9/h5,8-9H,3-4,6H2,1-2H3,(H,11,14). The minimum atomic E-state index is 0.339. The summed E-state index contributed by atoms with van der Waals surface area (Å²) in [5, 5.41) is 0. The van der Waals surface area contributed by atoms with Crippen LogP contribution >= 0.6 is 12.2 Å². The summed E-state index contributed by atoms with van der Waals surface area (Å²) in [6, 6.07) is 0. The van der Waals surface area contributed by atoms with Crippen LogP contribution in [0.5, 0.6) is 0 Å². The van der Waals surface area contributed by atoms with E-state index in [0.29, 0.717) is 12.2 Å². The van der Waals surface area contributed by atoms with Crippen molar-refractivity contribution in [1.82, 2.24) is 9.55 Å². The Morgan fingerprint density at radius 1 is 1.64 bits per heavy atom. The molecular formula is C10H16N2OS. The normalized spacial score (nSPS) is 27.0. The van der Waals surface area contributed by atoms with Crippen LogP contribution in [0.3, 0.4) is 0 Å². The van der Waals surface area contributed by atoms with E-state index >= 15 is 0 Å². The van der Waals surface area contributed by atoms with E-state index in [4.69, 9.17) is 17.0 Å². The summed E-state index contributed by atoms with van der Waals surface area (Å²) in [6.45, 7) is 5.08. The number of imidazole rings is 1. The Hall–Kier alpha value is -0.610. The van der Waals surface area contributed by atoms with Gasteiger partial charge in [-0.25, -0.2) is 0 Å². The van der Waals surface area contributed by atoms with Gasteiger partial charge in [-0.15, -0.1) is 0 Å². The quantitative estimate of drug-likeness (QED) is 0.763. The maximum atomic E-state index is 5.76. The molecule has 3 nitrogen and oxygen atoms in total. The summed E-state index contributed by atoms with van der Waals surface area (Å²) in [4.78, 5) is 3.04. The van der Waals surface area contributed by atoms with Crippen molar-refractivity contribution < 1.29 is 4.74 Å². The van der Waals surface area contributed by atoms with E-state index in [1.54, 1.807) is 0 Å². The molecule has 0 spiro atoms. The molecule has 0 bridgehead atoms. The molecule has 2 rings (SSSR count). The molecule has 0 radical (unpaired) electrons. The zero-order valence-electron chi connectivity index (χ0n) is 8.62. The Kier molecular flexibility index (Phi) is 2.74. The summed E-state index contributed by atoms with van der Waals surface area (Å²) in [5.41, 5.74) is 1.18. The average molecular weight is 212 g/mol. The lowest BCUT2D eigenvalue weighted by atomic mass is 10.2. The second-order valence-corrected chi connectivity index (χ2v) is 4.38. The predicted octanol–water partition coefficient (Wildman–Crippen LogP) is 2.42. The van der Waals surface area contributed by atoms with Gasteiger partial charge in [0.25, 0.3) is 0 Å². The fraction of sp³-hybridized carbons (Fsp3) is 0.700. The van der Waals surface area contributed by atoms with Crippen LogP contribution in [-0.2, 0) is 11.3 Å². The molecule has 1 aliphatic heterocycles. The van der Waals surface area contributed by atoms with E-state index in [1.165, 1.54) is 12.1 Å². The van der Waals surface area contributed by atoms with Crippen LogP contribution in [0.1, 0.15) is 25.5 Å². The van der Waals surface area contributed by atoms with Gasteiger partial charge in [0, 0.05) is 11.9 Å². The first-order valence-electron chi connectivity index (χ1n) is 5.07. The van der Waals surface area contributed by atoms with Crippen molar-refractivity contribution in [3.63, 3.8) is 0 Å². The highest BCUT2D eigenvalue weighted by Crippen LogP contribution is 2.20. The molecule has 0 aromatic carbocycles. The van der Waals surface area contributed by atoms with Gasteiger partial charge in [-0.1, -0.05) is 0 Å². The van der Waals surface area contributed by atoms with E-state index in [9.17, 15) is 0 Å². The number of aryl methyl sites for hydroxylation is 1. The first-order chi connectivity index (χ1) is 6.66. The van der Waals surface area contributed by atoms with Gasteiger partial charge >= 0.3 is 0 Å². The molecule has 1 saturated heterocycles. The Labute approximate surface area is 89.1 Å². The smallest absolute Gasteiger partial charge is 0.177 e. The number of ether oxygens (including phenoxy) is 1. The number of aromatic amines is 1. The van der Waals surface area contributed by atoms with Gasteiger partial charge in [0.15, 0.2) is 4.77 Å². The van der Waals surface area contributed by atoms with Crippen molar-refractivity contribution in [1.29, 1.82) is 0 Å². The summed E-state index contributed by atoms with van der Waals surface area (Å²) < 4.78 is 8.67. The molecular weight excluding hydrogens is 196 g/mol. The number of H-pyrrole nitrogens is 1. The van der Waals surface area contributed by atoms with Crippen molar-refractivity contribution in [2.75, 3.05) is 0 Å². The maximum absolute atomic E-state index is 5.76. The van der Waals surface area contributed by atoms with Crippen molar-refractivity contribution in [2.45, 2.75) is 45.4 Å². The molecule has 0 aliphatic carbocycles. The molecule has 1 N–H and O–H groups in total.